The van der Waals surface area contributed by atoms with Gasteiger partial charge in [0.25, 0.3) is 5.69 Å². The molecule has 0 spiro atoms. The van der Waals surface area contributed by atoms with E-state index in [1.807, 2.05) is 29.6 Å². The molecule has 0 saturated carbocycles. The number of anilines is 1. The first-order valence-corrected chi connectivity index (χ1v) is 11.1. The third-order valence-corrected chi connectivity index (χ3v) is 6.78. The van der Waals surface area contributed by atoms with Crippen molar-refractivity contribution >= 4 is 32.8 Å². The van der Waals surface area contributed by atoms with Gasteiger partial charge in [-0.05, 0) is 40.9 Å². The first-order chi connectivity index (χ1) is 15.2. The van der Waals surface area contributed by atoms with Crippen LogP contribution in [0.2, 0.25) is 0 Å². The van der Waals surface area contributed by atoms with Crippen LogP contribution in [0, 0.1) is 10.1 Å². The summed E-state index contributed by atoms with van der Waals surface area (Å²) in [6.45, 7) is 2.80. The Balaban J connectivity index is 1.37. The number of aliphatic hydroxyl groups excluding tert-OH is 1. The van der Waals surface area contributed by atoms with Gasteiger partial charge in [0, 0.05) is 43.5 Å². The van der Waals surface area contributed by atoms with Crippen molar-refractivity contribution in [1.29, 1.82) is 0 Å². The third-order valence-electron chi connectivity index (χ3n) is 5.80. The highest BCUT2D eigenvalue weighted by Gasteiger charge is 2.34. The van der Waals surface area contributed by atoms with Crippen molar-refractivity contribution in [2.45, 2.75) is 18.7 Å². The van der Waals surface area contributed by atoms with Crippen LogP contribution in [-0.2, 0) is 6.18 Å². The molecule has 10 heteroatoms. The van der Waals surface area contributed by atoms with Gasteiger partial charge < -0.3 is 10.0 Å². The predicted molar refractivity (Wildman–Crippen MR) is 118 cm³/mol. The Hall–Kier alpha value is -2.69. The van der Waals surface area contributed by atoms with E-state index in [-0.39, 0.29) is 5.69 Å². The summed E-state index contributed by atoms with van der Waals surface area (Å²) in [6.07, 6.45) is -4.65. The van der Waals surface area contributed by atoms with Gasteiger partial charge >= 0.3 is 6.18 Å². The first-order valence-electron chi connectivity index (χ1n) is 10.2. The molecule has 3 aromatic rings. The Labute approximate surface area is 186 Å². The standard InChI is InChI=1S/C22H22F3N3O3S/c23-22(24,25)15-5-6-18(19(13-15)28(30)31)27-11-9-26(10-12-27)8-7-20(29)17-14-32-21-4-2-1-3-16(17)21/h1-6,13-14,20,29H,7-12H2. The van der Waals surface area contributed by atoms with Crippen LogP contribution >= 0.6 is 11.3 Å². The van der Waals surface area contributed by atoms with Crippen molar-refractivity contribution < 1.29 is 23.2 Å². The fourth-order valence-corrected chi connectivity index (χ4v) is 5.05. The third kappa shape index (κ3) is 4.72. The molecule has 1 aromatic heterocycles. The van der Waals surface area contributed by atoms with Crippen LogP contribution in [0.5, 0.6) is 0 Å². The van der Waals surface area contributed by atoms with E-state index < -0.39 is 28.5 Å². The zero-order valence-electron chi connectivity index (χ0n) is 17.1. The number of hydrogen-bond acceptors (Lipinski definition) is 6. The normalized spacial score (nSPS) is 16.4. The second-order valence-corrected chi connectivity index (χ2v) is 8.69. The van der Waals surface area contributed by atoms with E-state index in [1.54, 1.807) is 16.2 Å². The molecule has 1 aliphatic heterocycles. The highest BCUT2D eigenvalue weighted by atomic mass is 32.1. The van der Waals surface area contributed by atoms with Crippen molar-refractivity contribution in [3.8, 4) is 0 Å². The van der Waals surface area contributed by atoms with Crippen LogP contribution in [-0.4, -0.2) is 47.7 Å². The number of hydrogen-bond donors (Lipinski definition) is 1. The maximum absolute atomic E-state index is 12.9. The second-order valence-electron chi connectivity index (χ2n) is 7.78. The summed E-state index contributed by atoms with van der Waals surface area (Å²) in [5.74, 6) is 0. The number of nitrogens with zero attached hydrogens (tertiary/aromatic N) is 3. The number of nitro benzene ring substituents is 1. The molecular formula is C22H22F3N3O3S. The minimum Gasteiger partial charge on any atom is -0.388 e. The van der Waals surface area contributed by atoms with Crippen LogP contribution in [0.15, 0.2) is 47.8 Å². The zero-order chi connectivity index (χ0) is 22.9. The van der Waals surface area contributed by atoms with Gasteiger partial charge in [-0.2, -0.15) is 13.2 Å². The molecule has 6 nitrogen and oxygen atoms in total. The lowest BCUT2D eigenvalue weighted by atomic mass is 10.1. The largest absolute Gasteiger partial charge is 0.416 e. The van der Waals surface area contributed by atoms with Crippen LogP contribution in [0.25, 0.3) is 10.1 Å². The van der Waals surface area contributed by atoms with Gasteiger partial charge in [0.2, 0.25) is 0 Å². The zero-order valence-corrected chi connectivity index (χ0v) is 17.9. The lowest BCUT2D eigenvalue weighted by Crippen LogP contribution is -2.47. The lowest BCUT2D eigenvalue weighted by molar-refractivity contribution is -0.384. The van der Waals surface area contributed by atoms with Gasteiger partial charge in [0.1, 0.15) is 5.69 Å². The molecule has 1 atom stereocenters. The molecule has 1 N–H and O–H groups in total. The molecule has 32 heavy (non-hydrogen) atoms. The Morgan fingerprint density at radius 2 is 1.84 bits per heavy atom. The summed E-state index contributed by atoms with van der Waals surface area (Å²) < 4.78 is 39.9. The van der Waals surface area contributed by atoms with Gasteiger partial charge in [-0.15, -0.1) is 11.3 Å². The van der Waals surface area contributed by atoms with E-state index in [4.69, 9.17) is 0 Å². The van der Waals surface area contributed by atoms with Crippen LogP contribution < -0.4 is 4.90 Å². The first kappa shape index (κ1) is 22.5. The van der Waals surface area contributed by atoms with Gasteiger partial charge in [-0.25, -0.2) is 0 Å². The molecule has 2 heterocycles. The molecule has 1 unspecified atom stereocenters. The minimum absolute atomic E-state index is 0.201. The Morgan fingerprint density at radius 1 is 1.12 bits per heavy atom. The molecule has 1 aliphatic rings. The van der Waals surface area contributed by atoms with Crippen molar-refractivity contribution in [2.75, 3.05) is 37.6 Å². The van der Waals surface area contributed by atoms with Gasteiger partial charge in [-0.3, -0.25) is 15.0 Å². The van der Waals surface area contributed by atoms with E-state index in [1.165, 1.54) is 6.07 Å². The van der Waals surface area contributed by atoms with Crippen LogP contribution in [0.4, 0.5) is 24.5 Å². The Morgan fingerprint density at radius 3 is 2.53 bits per heavy atom. The van der Waals surface area contributed by atoms with E-state index in [2.05, 4.69) is 4.90 Å². The summed E-state index contributed by atoms with van der Waals surface area (Å²) in [6, 6.07) is 10.6. The quantitative estimate of drug-likeness (QED) is 0.406. The van der Waals surface area contributed by atoms with E-state index in [0.29, 0.717) is 45.2 Å². The van der Waals surface area contributed by atoms with Gasteiger partial charge in [0.15, 0.2) is 0 Å². The fourth-order valence-electron chi connectivity index (χ4n) is 4.04. The number of aliphatic hydroxyl groups is 1. The Bertz CT molecular complexity index is 1110. The minimum atomic E-state index is -4.63. The second kappa shape index (κ2) is 9.05. The van der Waals surface area contributed by atoms with Crippen molar-refractivity contribution in [3.63, 3.8) is 0 Å². The smallest absolute Gasteiger partial charge is 0.388 e. The summed E-state index contributed by atoms with van der Waals surface area (Å²) in [7, 11) is 0. The molecule has 4 rings (SSSR count). The molecule has 0 bridgehead atoms. The van der Waals surface area contributed by atoms with Crippen LogP contribution in [0.1, 0.15) is 23.7 Å². The number of benzene rings is 2. The number of halogens is 3. The van der Waals surface area contributed by atoms with E-state index in [9.17, 15) is 28.4 Å². The van der Waals surface area contributed by atoms with Crippen LogP contribution in [0.3, 0.4) is 0 Å². The van der Waals surface area contributed by atoms with Gasteiger partial charge in [-0.1, -0.05) is 18.2 Å². The summed E-state index contributed by atoms with van der Waals surface area (Å²) in [5, 5.41) is 25.1. The van der Waals surface area contributed by atoms with Crippen molar-refractivity contribution in [1.82, 2.24) is 4.90 Å². The SMILES string of the molecule is O=[N+]([O-])c1cc(C(F)(F)F)ccc1N1CCN(CCC(O)c2csc3ccccc23)CC1. The van der Waals surface area contributed by atoms with Crippen molar-refractivity contribution in [3.05, 3.63) is 69.1 Å². The molecule has 0 amide bonds. The van der Waals surface area contributed by atoms with E-state index in [0.717, 1.165) is 21.7 Å². The Kier molecular flexibility index (Phi) is 6.36. The maximum atomic E-state index is 12.9. The molecule has 0 radical (unpaired) electrons. The molecular weight excluding hydrogens is 443 g/mol. The molecule has 0 aliphatic carbocycles. The average molecular weight is 465 g/mol. The lowest BCUT2D eigenvalue weighted by Gasteiger charge is -2.36. The molecule has 2 aromatic carbocycles. The predicted octanol–water partition coefficient (Wildman–Crippen LogP) is 5.07. The summed E-state index contributed by atoms with van der Waals surface area (Å²) >= 11 is 1.60. The number of fused-ring (bicyclic) bond motifs is 1. The molecule has 1 fully saturated rings. The number of piperazine rings is 1. The number of rotatable bonds is 6. The average Bonchev–Trinajstić information content (AvgIpc) is 3.21. The topological polar surface area (TPSA) is 69.9 Å². The van der Waals surface area contributed by atoms with E-state index >= 15 is 0 Å². The highest BCUT2D eigenvalue weighted by Crippen LogP contribution is 2.37. The number of nitro groups is 1. The summed E-state index contributed by atoms with van der Waals surface area (Å²) in [4.78, 5) is 14.5. The number of alkyl halides is 3. The monoisotopic (exact) mass is 465 g/mol. The number of thiophene rings is 1. The van der Waals surface area contributed by atoms with Crippen molar-refractivity contribution in [2.24, 2.45) is 0 Å². The highest BCUT2D eigenvalue weighted by molar-refractivity contribution is 7.17. The molecule has 170 valence electrons. The van der Waals surface area contributed by atoms with Gasteiger partial charge in [0.05, 0.1) is 16.6 Å². The maximum Gasteiger partial charge on any atom is 0.416 e. The summed E-state index contributed by atoms with van der Waals surface area (Å²) in [5.41, 5.74) is -0.438. The molecule has 1 saturated heterocycles. The fraction of sp³-hybridized carbons (Fsp3) is 0.364.